The fourth-order valence-electron chi connectivity index (χ4n) is 2.48. The summed E-state index contributed by atoms with van der Waals surface area (Å²) in [6.07, 6.45) is 0.846. The minimum Gasteiger partial charge on any atom is -0.488 e. The molecule has 0 spiro atoms. The number of hydrogen-bond acceptors (Lipinski definition) is 2. The summed E-state index contributed by atoms with van der Waals surface area (Å²) in [5, 5.41) is 3.32. The molecule has 0 bridgehead atoms. The summed E-state index contributed by atoms with van der Waals surface area (Å²) in [4.78, 5) is 0. The highest BCUT2D eigenvalue weighted by Gasteiger charge is 2.22. The Morgan fingerprint density at radius 1 is 1.14 bits per heavy atom. The smallest absolute Gasteiger partial charge is 0.126 e. The average Bonchev–Trinajstić information content (AvgIpc) is 2.51. The van der Waals surface area contributed by atoms with Crippen LogP contribution < -0.4 is 10.1 Å². The van der Waals surface area contributed by atoms with Gasteiger partial charge in [-0.15, -0.1) is 0 Å². The standard InChI is InChI=1S/C18H22FNO/c1-4-17(18(20-3)14-8-6-5-7-9-14)21-15-10-11-16(19)13(2)12-15/h5-12,17-18,20H,4H2,1-3H3. The van der Waals surface area contributed by atoms with E-state index in [0.717, 1.165) is 6.42 Å². The topological polar surface area (TPSA) is 21.3 Å². The highest BCUT2D eigenvalue weighted by Crippen LogP contribution is 2.25. The normalized spacial score (nSPS) is 13.7. The molecule has 2 aromatic carbocycles. The zero-order chi connectivity index (χ0) is 15.2. The largest absolute Gasteiger partial charge is 0.488 e. The summed E-state index contributed by atoms with van der Waals surface area (Å²) in [6, 6.07) is 15.2. The van der Waals surface area contributed by atoms with Crippen LogP contribution in [0.4, 0.5) is 4.39 Å². The van der Waals surface area contributed by atoms with Crippen molar-refractivity contribution in [3.8, 4) is 5.75 Å². The van der Waals surface area contributed by atoms with Crippen molar-refractivity contribution < 1.29 is 9.13 Å². The van der Waals surface area contributed by atoms with Crippen LogP contribution in [0.3, 0.4) is 0 Å². The predicted molar refractivity (Wildman–Crippen MR) is 84.1 cm³/mol. The lowest BCUT2D eigenvalue weighted by molar-refractivity contribution is 0.152. The first kappa shape index (κ1) is 15.5. The molecule has 2 aromatic rings. The van der Waals surface area contributed by atoms with Crippen molar-refractivity contribution >= 4 is 0 Å². The maximum Gasteiger partial charge on any atom is 0.126 e. The van der Waals surface area contributed by atoms with E-state index >= 15 is 0 Å². The van der Waals surface area contributed by atoms with Gasteiger partial charge in [0, 0.05) is 0 Å². The fourth-order valence-corrected chi connectivity index (χ4v) is 2.48. The van der Waals surface area contributed by atoms with Gasteiger partial charge in [-0.2, -0.15) is 0 Å². The van der Waals surface area contributed by atoms with Crippen LogP contribution >= 0.6 is 0 Å². The number of rotatable bonds is 6. The number of aryl methyl sites for hydroxylation is 1. The van der Waals surface area contributed by atoms with Crippen LogP contribution in [0.25, 0.3) is 0 Å². The van der Waals surface area contributed by atoms with E-state index in [1.807, 2.05) is 25.2 Å². The van der Waals surface area contributed by atoms with Crippen LogP contribution in [-0.4, -0.2) is 13.2 Å². The molecule has 0 aromatic heterocycles. The lowest BCUT2D eigenvalue weighted by Crippen LogP contribution is -2.33. The van der Waals surface area contributed by atoms with E-state index in [2.05, 4.69) is 24.4 Å². The lowest BCUT2D eigenvalue weighted by Gasteiger charge is -2.27. The molecule has 2 rings (SSSR count). The van der Waals surface area contributed by atoms with Crippen LogP contribution in [0.5, 0.6) is 5.75 Å². The van der Waals surface area contributed by atoms with E-state index < -0.39 is 0 Å². The van der Waals surface area contributed by atoms with Gasteiger partial charge in [0.05, 0.1) is 6.04 Å². The van der Waals surface area contributed by atoms with Gasteiger partial charge >= 0.3 is 0 Å². The molecule has 21 heavy (non-hydrogen) atoms. The maximum atomic E-state index is 13.3. The van der Waals surface area contributed by atoms with Crippen LogP contribution in [0.15, 0.2) is 48.5 Å². The molecule has 2 atom stereocenters. The van der Waals surface area contributed by atoms with Gasteiger partial charge in [0.2, 0.25) is 0 Å². The molecule has 0 aliphatic rings. The van der Waals surface area contributed by atoms with E-state index in [1.165, 1.54) is 11.6 Å². The lowest BCUT2D eigenvalue weighted by atomic mass is 9.99. The van der Waals surface area contributed by atoms with Gasteiger partial charge in [0.15, 0.2) is 0 Å². The Morgan fingerprint density at radius 2 is 1.86 bits per heavy atom. The number of likely N-dealkylation sites (N-methyl/N-ethyl adjacent to an activating group) is 1. The molecule has 2 unspecified atom stereocenters. The summed E-state index contributed by atoms with van der Waals surface area (Å²) < 4.78 is 19.4. The second-order valence-electron chi connectivity index (χ2n) is 5.15. The summed E-state index contributed by atoms with van der Waals surface area (Å²) >= 11 is 0. The van der Waals surface area contributed by atoms with Crippen LogP contribution in [0.1, 0.15) is 30.5 Å². The quantitative estimate of drug-likeness (QED) is 0.857. The van der Waals surface area contributed by atoms with Crippen molar-refractivity contribution in [1.29, 1.82) is 0 Å². The summed E-state index contributed by atoms with van der Waals surface area (Å²) in [5.74, 6) is 0.501. The van der Waals surface area contributed by atoms with Crippen molar-refractivity contribution in [3.63, 3.8) is 0 Å². The van der Waals surface area contributed by atoms with Crippen molar-refractivity contribution in [1.82, 2.24) is 5.32 Å². The summed E-state index contributed by atoms with van der Waals surface area (Å²) in [5.41, 5.74) is 1.79. The molecular formula is C18H22FNO. The van der Waals surface area contributed by atoms with Gasteiger partial charge in [0.1, 0.15) is 17.7 Å². The zero-order valence-electron chi connectivity index (χ0n) is 12.8. The van der Waals surface area contributed by atoms with Crippen molar-refractivity contribution in [3.05, 3.63) is 65.5 Å². The van der Waals surface area contributed by atoms with Crippen LogP contribution in [0, 0.1) is 12.7 Å². The third-order valence-corrected chi connectivity index (χ3v) is 3.66. The average molecular weight is 287 g/mol. The third-order valence-electron chi connectivity index (χ3n) is 3.66. The molecule has 1 N–H and O–H groups in total. The highest BCUT2D eigenvalue weighted by molar-refractivity contribution is 5.29. The molecule has 112 valence electrons. The molecule has 0 amide bonds. The Bertz CT molecular complexity index is 571. The molecule has 0 aliphatic carbocycles. The van der Waals surface area contributed by atoms with E-state index in [0.29, 0.717) is 11.3 Å². The van der Waals surface area contributed by atoms with Crippen molar-refractivity contribution in [2.75, 3.05) is 7.05 Å². The number of benzene rings is 2. The highest BCUT2D eigenvalue weighted by atomic mass is 19.1. The first-order chi connectivity index (χ1) is 10.2. The molecule has 0 heterocycles. The van der Waals surface area contributed by atoms with Crippen LogP contribution in [0.2, 0.25) is 0 Å². The number of hydrogen-bond donors (Lipinski definition) is 1. The van der Waals surface area contributed by atoms with Gasteiger partial charge in [-0.3, -0.25) is 0 Å². The molecule has 0 aliphatic heterocycles. The van der Waals surface area contributed by atoms with E-state index in [9.17, 15) is 4.39 Å². The van der Waals surface area contributed by atoms with Gasteiger partial charge in [-0.1, -0.05) is 37.3 Å². The van der Waals surface area contributed by atoms with E-state index in [4.69, 9.17) is 4.74 Å². The van der Waals surface area contributed by atoms with Gasteiger partial charge in [0.25, 0.3) is 0 Å². The first-order valence-electron chi connectivity index (χ1n) is 7.30. The molecular weight excluding hydrogens is 265 g/mol. The predicted octanol–water partition coefficient (Wildman–Crippen LogP) is 4.25. The molecule has 3 heteroatoms. The minimum absolute atomic E-state index is 0.0118. The number of nitrogens with one attached hydrogen (secondary N) is 1. The number of halogens is 1. The van der Waals surface area contributed by atoms with E-state index in [-0.39, 0.29) is 18.0 Å². The van der Waals surface area contributed by atoms with E-state index in [1.54, 1.807) is 19.1 Å². The van der Waals surface area contributed by atoms with Gasteiger partial charge < -0.3 is 10.1 Å². The SMILES string of the molecule is CCC(Oc1ccc(F)c(C)c1)C(NC)c1ccccc1. The monoisotopic (exact) mass is 287 g/mol. The Kier molecular flexibility index (Phi) is 5.34. The van der Waals surface area contributed by atoms with Crippen molar-refractivity contribution in [2.24, 2.45) is 0 Å². The Hall–Kier alpha value is -1.87. The molecule has 2 nitrogen and oxygen atoms in total. The molecule has 0 saturated heterocycles. The Morgan fingerprint density at radius 3 is 2.43 bits per heavy atom. The summed E-state index contributed by atoms with van der Waals surface area (Å²) in [7, 11) is 1.93. The van der Waals surface area contributed by atoms with Gasteiger partial charge in [-0.25, -0.2) is 4.39 Å². The Labute approximate surface area is 126 Å². The third kappa shape index (κ3) is 3.82. The second-order valence-corrected chi connectivity index (χ2v) is 5.15. The fraction of sp³-hybridized carbons (Fsp3) is 0.333. The number of ether oxygens (including phenoxy) is 1. The second kappa shape index (κ2) is 7.23. The minimum atomic E-state index is -0.205. The molecule has 0 saturated carbocycles. The van der Waals surface area contributed by atoms with Crippen LogP contribution in [-0.2, 0) is 0 Å². The summed E-state index contributed by atoms with van der Waals surface area (Å²) in [6.45, 7) is 3.84. The van der Waals surface area contributed by atoms with Gasteiger partial charge in [-0.05, 0) is 49.7 Å². The molecule has 0 radical (unpaired) electrons. The Balaban J connectivity index is 2.19. The maximum absolute atomic E-state index is 13.3. The van der Waals surface area contributed by atoms with Crippen molar-refractivity contribution in [2.45, 2.75) is 32.4 Å². The molecule has 0 fully saturated rings. The first-order valence-corrected chi connectivity index (χ1v) is 7.30. The zero-order valence-corrected chi connectivity index (χ0v) is 12.8.